The van der Waals surface area contributed by atoms with Crippen LogP contribution >= 0.6 is 0 Å². The van der Waals surface area contributed by atoms with Crippen molar-refractivity contribution in [3.63, 3.8) is 0 Å². The Morgan fingerprint density at radius 3 is 2.31 bits per heavy atom. The Labute approximate surface area is 94.3 Å². The van der Waals surface area contributed by atoms with Crippen molar-refractivity contribution in [1.82, 2.24) is 0 Å². The number of hydrogen-bond acceptors (Lipinski definition) is 4. The topological polar surface area (TPSA) is 86.7 Å². The molecule has 1 aromatic rings. The summed E-state index contributed by atoms with van der Waals surface area (Å²) in [6.45, 7) is 4.72. The van der Waals surface area contributed by atoms with Gasteiger partial charge in [-0.15, -0.1) is 0 Å². The van der Waals surface area contributed by atoms with Crippen LogP contribution in [0.3, 0.4) is 0 Å². The molecule has 0 amide bonds. The first kappa shape index (κ1) is 11.1. The molecule has 5 N–H and O–H groups in total. The molecule has 16 heavy (non-hydrogen) atoms. The van der Waals surface area contributed by atoms with Crippen LogP contribution in [-0.4, -0.2) is 21.9 Å². The van der Waals surface area contributed by atoms with Crippen LogP contribution in [0, 0.1) is 11.3 Å². The van der Waals surface area contributed by atoms with Crippen molar-refractivity contribution in [1.29, 1.82) is 0 Å². The van der Waals surface area contributed by atoms with E-state index in [2.05, 4.69) is 13.8 Å². The lowest BCUT2D eigenvalue weighted by molar-refractivity contribution is 0.364. The molecule has 0 spiro atoms. The van der Waals surface area contributed by atoms with Crippen molar-refractivity contribution in [3.05, 3.63) is 17.7 Å². The van der Waals surface area contributed by atoms with Gasteiger partial charge in [-0.1, -0.05) is 19.9 Å². The van der Waals surface area contributed by atoms with Crippen LogP contribution in [0.15, 0.2) is 12.1 Å². The molecule has 1 aliphatic rings. The van der Waals surface area contributed by atoms with E-state index in [1.807, 2.05) is 0 Å². The van der Waals surface area contributed by atoms with Crippen molar-refractivity contribution in [2.75, 3.05) is 6.54 Å². The molecule has 0 aromatic heterocycles. The number of hydrogen-bond donors (Lipinski definition) is 4. The molecule has 1 saturated carbocycles. The third-order valence-corrected chi connectivity index (χ3v) is 3.80. The maximum absolute atomic E-state index is 9.78. The third-order valence-electron chi connectivity index (χ3n) is 3.80. The Morgan fingerprint density at radius 2 is 1.81 bits per heavy atom. The van der Waals surface area contributed by atoms with Gasteiger partial charge in [0.1, 0.15) is 0 Å². The predicted octanol–water partition coefficient (Wildman–Crippen LogP) is 1.50. The van der Waals surface area contributed by atoms with Crippen LogP contribution in [0.2, 0.25) is 0 Å². The fourth-order valence-electron chi connectivity index (χ4n) is 2.64. The highest BCUT2D eigenvalue weighted by Crippen LogP contribution is 2.66. The first-order valence-electron chi connectivity index (χ1n) is 5.35. The molecular weight excluding hydrogens is 206 g/mol. The zero-order valence-corrected chi connectivity index (χ0v) is 9.44. The van der Waals surface area contributed by atoms with Crippen molar-refractivity contribution in [2.24, 2.45) is 17.1 Å². The van der Waals surface area contributed by atoms with E-state index in [0.717, 1.165) is 0 Å². The summed E-state index contributed by atoms with van der Waals surface area (Å²) in [5.41, 5.74) is 6.36. The zero-order chi connectivity index (χ0) is 12.1. The molecule has 0 unspecified atom stereocenters. The van der Waals surface area contributed by atoms with E-state index < -0.39 is 5.75 Å². The standard InChI is InChI=1S/C12H17NO3/c1-12(2)7(5-13)9(12)6-3-4-8(14)11(16)10(6)15/h3-4,7,9,14-16H,5,13H2,1-2H3/t7-,9-/m1/s1. The second kappa shape index (κ2) is 3.28. The summed E-state index contributed by atoms with van der Waals surface area (Å²) in [4.78, 5) is 0. The summed E-state index contributed by atoms with van der Waals surface area (Å²) in [6.07, 6.45) is 0. The highest BCUT2D eigenvalue weighted by atomic mass is 16.3. The number of phenolic OH excluding ortho intramolecular Hbond substituents is 3. The lowest BCUT2D eigenvalue weighted by atomic mass is 10.0. The van der Waals surface area contributed by atoms with Gasteiger partial charge in [-0.25, -0.2) is 0 Å². The Bertz CT molecular complexity index is 429. The Kier molecular flexibility index (Phi) is 2.27. The number of benzene rings is 1. The third kappa shape index (κ3) is 1.33. The van der Waals surface area contributed by atoms with Gasteiger partial charge in [0.2, 0.25) is 5.75 Å². The normalized spacial score (nSPS) is 26.7. The Balaban J connectivity index is 2.41. The summed E-state index contributed by atoms with van der Waals surface area (Å²) in [5.74, 6) is -0.527. The van der Waals surface area contributed by atoms with Gasteiger partial charge in [0, 0.05) is 5.56 Å². The van der Waals surface area contributed by atoms with Crippen LogP contribution in [0.25, 0.3) is 0 Å². The predicted molar refractivity (Wildman–Crippen MR) is 60.5 cm³/mol. The number of nitrogens with two attached hydrogens (primary N) is 1. The molecule has 2 rings (SSSR count). The zero-order valence-electron chi connectivity index (χ0n) is 9.44. The molecule has 1 aromatic carbocycles. The minimum atomic E-state index is -0.448. The van der Waals surface area contributed by atoms with E-state index in [-0.39, 0.29) is 22.8 Å². The minimum absolute atomic E-state index is 0.0373. The highest BCUT2D eigenvalue weighted by molar-refractivity contribution is 5.56. The average molecular weight is 223 g/mol. The summed E-state index contributed by atoms with van der Waals surface area (Å²) >= 11 is 0. The van der Waals surface area contributed by atoms with E-state index in [4.69, 9.17) is 5.73 Å². The summed E-state index contributed by atoms with van der Waals surface area (Å²) in [5, 5.41) is 28.5. The largest absolute Gasteiger partial charge is 0.504 e. The van der Waals surface area contributed by atoms with Crippen LogP contribution in [0.5, 0.6) is 17.2 Å². The quantitative estimate of drug-likeness (QED) is 0.572. The SMILES string of the molecule is CC1(C)[C@H](CN)[C@H]1c1ccc(O)c(O)c1O. The molecule has 0 radical (unpaired) electrons. The lowest BCUT2D eigenvalue weighted by Crippen LogP contribution is -2.05. The van der Waals surface area contributed by atoms with Crippen LogP contribution in [0.4, 0.5) is 0 Å². The van der Waals surface area contributed by atoms with Gasteiger partial charge in [-0.3, -0.25) is 0 Å². The van der Waals surface area contributed by atoms with E-state index in [0.29, 0.717) is 18.0 Å². The van der Waals surface area contributed by atoms with Crippen LogP contribution < -0.4 is 5.73 Å². The first-order chi connectivity index (χ1) is 7.41. The molecular formula is C12H17NO3. The van der Waals surface area contributed by atoms with Gasteiger partial charge in [-0.2, -0.15) is 0 Å². The fraction of sp³-hybridized carbons (Fsp3) is 0.500. The van der Waals surface area contributed by atoms with Gasteiger partial charge >= 0.3 is 0 Å². The molecule has 1 fully saturated rings. The molecule has 4 nitrogen and oxygen atoms in total. The van der Waals surface area contributed by atoms with Crippen LogP contribution in [-0.2, 0) is 0 Å². The smallest absolute Gasteiger partial charge is 0.200 e. The van der Waals surface area contributed by atoms with Gasteiger partial charge < -0.3 is 21.1 Å². The Morgan fingerprint density at radius 1 is 1.19 bits per heavy atom. The second-order valence-electron chi connectivity index (χ2n) is 5.01. The molecule has 0 aliphatic heterocycles. The van der Waals surface area contributed by atoms with Crippen molar-refractivity contribution in [2.45, 2.75) is 19.8 Å². The van der Waals surface area contributed by atoms with Crippen LogP contribution in [0.1, 0.15) is 25.3 Å². The van der Waals surface area contributed by atoms with E-state index >= 15 is 0 Å². The van der Waals surface area contributed by atoms with Gasteiger partial charge in [0.15, 0.2) is 11.5 Å². The molecule has 4 heteroatoms. The van der Waals surface area contributed by atoms with Crippen molar-refractivity contribution in [3.8, 4) is 17.2 Å². The molecule has 0 heterocycles. The average Bonchev–Trinajstić information content (AvgIpc) is 2.77. The van der Waals surface area contributed by atoms with Crippen molar-refractivity contribution < 1.29 is 15.3 Å². The maximum Gasteiger partial charge on any atom is 0.200 e. The number of aromatic hydroxyl groups is 3. The summed E-state index contributed by atoms with van der Waals surface area (Å²) in [7, 11) is 0. The second-order valence-corrected chi connectivity index (χ2v) is 5.01. The fourth-order valence-corrected chi connectivity index (χ4v) is 2.64. The Hall–Kier alpha value is -1.42. The van der Waals surface area contributed by atoms with Gasteiger partial charge in [-0.05, 0) is 29.9 Å². The molecule has 0 saturated heterocycles. The van der Waals surface area contributed by atoms with E-state index in [1.54, 1.807) is 6.07 Å². The molecule has 2 atom stereocenters. The van der Waals surface area contributed by atoms with Gasteiger partial charge in [0.25, 0.3) is 0 Å². The minimum Gasteiger partial charge on any atom is -0.504 e. The van der Waals surface area contributed by atoms with Crippen molar-refractivity contribution >= 4 is 0 Å². The van der Waals surface area contributed by atoms with E-state index in [1.165, 1.54) is 6.07 Å². The van der Waals surface area contributed by atoms with Gasteiger partial charge in [0.05, 0.1) is 0 Å². The molecule has 88 valence electrons. The monoisotopic (exact) mass is 223 g/mol. The first-order valence-corrected chi connectivity index (χ1v) is 5.35. The molecule has 1 aliphatic carbocycles. The maximum atomic E-state index is 9.78. The summed E-state index contributed by atoms with van der Waals surface area (Å²) < 4.78 is 0. The van der Waals surface area contributed by atoms with E-state index in [9.17, 15) is 15.3 Å². The highest BCUT2D eigenvalue weighted by Gasteiger charge is 2.58. The summed E-state index contributed by atoms with van der Waals surface area (Å²) in [6, 6.07) is 3.04. The number of rotatable bonds is 2. The number of phenols is 3. The lowest BCUT2D eigenvalue weighted by Gasteiger charge is -2.08. The molecule has 0 bridgehead atoms.